The van der Waals surface area contributed by atoms with E-state index in [9.17, 15) is 9.59 Å². The highest BCUT2D eigenvalue weighted by Gasteiger charge is 2.21. The molecule has 1 amide bonds. The van der Waals surface area contributed by atoms with Crippen LogP contribution < -0.4 is 5.32 Å². The minimum atomic E-state index is -0.968. The summed E-state index contributed by atoms with van der Waals surface area (Å²) in [6.45, 7) is 7.80. The van der Waals surface area contributed by atoms with E-state index < -0.39 is 18.0 Å². The number of nitrogens with zero attached hydrogens (tertiary/aromatic N) is 3. The van der Waals surface area contributed by atoms with Crippen molar-refractivity contribution >= 4 is 35.4 Å². The Bertz CT molecular complexity index is 1130. The molecule has 0 saturated heterocycles. The van der Waals surface area contributed by atoms with Crippen LogP contribution in [-0.4, -0.2) is 32.9 Å². The lowest BCUT2D eigenvalue weighted by Gasteiger charge is -2.13. The number of carbonyl (C=O) groups excluding carboxylic acids is 2. The normalized spacial score (nSPS) is 12.2. The number of halogens is 1. The van der Waals surface area contributed by atoms with Crippen LogP contribution in [0.1, 0.15) is 41.5 Å². The number of rotatable bonds is 8. The largest absolute Gasteiger partial charge is 0.449 e. The zero-order valence-electron chi connectivity index (χ0n) is 18.4. The first kappa shape index (κ1) is 23.3. The molecule has 32 heavy (non-hydrogen) atoms. The number of ether oxygens (including phenoxy) is 1. The molecule has 1 unspecified atom stereocenters. The average molecular weight is 457 g/mol. The number of hydrogen-bond acceptors (Lipinski definition) is 6. The number of carbonyl (C=O) groups is 2. The molecule has 0 bridgehead atoms. The number of anilines is 1. The quantitative estimate of drug-likeness (QED) is 0.396. The van der Waals surface area contributed by atoms with Gasteiger partial charge in [0.15, 0.2) is 11.9 Å². The molecule has 1 atom stereocenters. The van der Waals surface area contributed by atoms with Crippen molar-refractivity contribution in [1.29, 1.82) is 0 Å². The summed E-state index contributed by atoms with van der Waals surface area (Å²) >= 11 is 6.49. The molecule has 0 radical (unpaired) electrons. The maximum atomic E-state index is 12.3. The van der Waals surface area contributed by atoms with Gasteiger partial charge < -0.3 is 14.6 Å². The molecule has 0 spiro atoms. The summed E-state index contributed by atoms with van der Waals surface area (Å²) in [5.41, 5.74) is 3.53. The van der Waals surface area contributed by atoms with Crippen LogP contribution >= 0.6 is 11.6 Å². The van der Waals surface area contributed by atoms with E-state index >= 15 is 0 Å². The van der Waals surface area contributed by atoms with Crippen LogP contribution in [0.5, 0.6) is 0 Å². The van der Waals surface area contributed by atoms with Crippen LogP contribution in [0.4, 0.5) is 5.82 Å². The maximum Gasteiger partial charge on any atom is 0.331 e. The molecule has 168 valence electrons. The zero-order valence-corrected chi connectivity index (χ0v) is 19.1. The van der Waals surface area contributed by atoms with Crippen LogP contribution in [-0.2, 0) is 20.9 Å². The lowest BCUT2D eigenvalue weighted by atomic mass is 10.1. The summed E-state index contributed by atoms with van der Waals surface area (Å²) in [6.07, 6.45) is 2.12. The highest BCUT2D eigenvalue weighted by atomic mass is 35.5. The van der Waals surface area contributed by atoms with Gasteiger partial charge in [0.25, 0.3) is 5.91 Å². The van der Waals surface area contributed by atoms with Gasteiger partial charge in [-0.05, 0) is 38.8 Å². The van der Waals surface area contributed by atoms with Gasteiger partial charge in [-0.3, -0.25) is 4.79 Å². The standard InChI is InChI=1S/C23H25ClN4O4/c1-5-19(23(30)25-20-12-15(3)32-27-20)31-21(29)11-10-18-16(4)26-28(22(18)24)13-17-8-6-14(2)7-9-17/h6-12,19H,5,13H2,1-4H3,(H,25,27,30)/b11-10+. The Hall–Kier alpha value is -3.39. The van der Waals surface area contributed by atoms with Gasteiger partial charge in [-0.25, -0.2) is 9.48 Å². The van der Waals surface area contributed by atoms with Crippen molar-refractivity contribution in [3.05, 3.63) is 69.7 Å². The first-order valence-corrected chi connectivity index (χ1v) is 10.6. The Labute approximate surface area is 191 Å². The van der Waals surface area contributed by atoms with Gasteiger partial charge in [0.2, 0.25) is 0 Å². The Kier molecular flexibility index (Phi) is 7.48. The molecule has 1 N–H and O–H groups in total. The first-order chi connectivity index (χ1) is 15.3. The number of aromatic nitrogens is 3. The van der Waals surface area contributed by atoms with Gasteiger partial charge in [0.1, 0.15) is 10.9 Å². The minimum absolute atomic E-state index is 0.265. The molecule has 2 heterocycles. The second-order valence-electron chi connectivity index (χ2n) is 7.41. The Morgan fingerprint density at radius 2 is 1.97 bits per heavy atom. The van der Waals surface area contributed by atoms with Crippen molar-refractivity contribution < 1.29 is 18.8 Å². The van der Waals surface area contributed by atoms with Crippen LogP contribution in [0.25, 0.3) is 6.08 Å². The van der Waals surface area contributed by atoms with Gasteiger partial charge in [-0.1, -0.05) is 53.5 Å². The minimum Gasteiger partial charge on any atom is -0.449 e. The van der Waals surface area contributed by atoms with Crippen LogP contribution in [0.15, 0.2) is 40.9 Å². The van der Waals surface area contributed by atoms with Gasteiger partial charge in [-0.15, -0.1) is 0 Å². The molecular weight excluding hydrogens is 432 g/mol. The summed E-state index contributed by atoms with van der Waals surface area (Å²) in [5, 5.41) is 11.1. The molecule has 0 aliphatic carbocycles. The van der Waals surface area contributed by atoms with Gasteiger partial charge in [0, 0.05) is 17.7 Å². The molecule has 0 aliphatic heterocycles. The van der Waals surface area contributed by atoms with Gasteiger partial charge >= 0.3 is 5.97 Å². The third-order valence-corrected chi connectivity index (χ3v) is 5.15. The highest BCUT2D eigenvalue weighted by Crippen LogP contribution is 2.22. The second kappa shape index (κ2) is 10.3. The predicted octanol–water partition coefficient (Wildman–Crippen LogP) is 4.47. The fourth-order valence-electron chi connectivity index (χ4n) is 3.01. The van der Waals surface area contributed by atoms with Crippen molar-refractivity contribution in [3.63, 3.8) is 0 Å². The van der Waals surface area contributed by atoms with Gasteiger partial charge in [-0.2, -0.15) is 5.10 Å². The van der Waals surface area contributed by atoms with Crippen molar-refractivity contribution in [2.75, 3.05) is 5.32 Å². The van der Waals surface area contributed by atoms with E-state index in [4.69, 9.17) is 20.9 Å². The SMILES string of the molecule is CCC(OC(=O)/C=C/c1c(C)nn(Cc2ccc(C)cc2)c1Cl)C(=O)Nc1cc(C)on1. The molecule has 9 heteroatoms. The van der Waals surface area contributed by atoms with E-state index in [-0.39, 0.29) is 5.82 Å². The monoisotopic (exact) mass is 456 g/mol. The summed E-state index contributed by atoms with van der Waals surface area (Å²) in [6, 6.07) is 9.67. The maximum absolute atomic E-state index is 12.3. The smallest absolute Gasteiger partial charge is 0.331 e. The van der Waals surface area contributed by atoms with Crippen LogP contribution in [0.3, 0.4) is 0 Å². The second-order valence-corrected chi connectivity index (χ2v) is 7.77. The molecule has 3 aromatic rings. The first-order valence-electron chi connectivity index (χ1n) is 10.2. The third kappa shape index (κ3) is 5.85. The fraction of sp³-hybridized carbons (Fsp3) is 0.304. The fourth-order valence-corrected chi connectivity index (χ4v) is 3.31. The Morgan fingerprint density at radius 1 is 1.25 bits per heavy atom. The molecule has 2 aromatic heterocycles. The molecular formula is C23H25ClN4O4. The zero-order chi connectivity index (χ0) is 23.3. The number of esters is 1. The molecule has 3 rings (SSSR count). The topological polar surface area (TPSA) is 99.2 Å². The lowest BCUT2D eigenvalue weighted by molar-refractivity contribution is -0.149. The van der Waals surface area contributed by atoms with Gasteiger partial charge in [0.05, 0.1) is 12.2 Å². The van der Waals surface area contributed by atoms with E-state index in [0.717, 1.165) is 5.56 Å². The average Bonchev–Trinajstić information content (AvgIpc) is 3.28. The summed E-state index contributed by atoms with van der Waals surface area (Å²) in [5.74, 6) is -0.322. The number of benzene rings is 1. The Morgan fingerprint density at radius 3 is 2.59 bits per heavy atom. The van der Waals surface area contributed by atoms with Crippen molar-refractivity contribution in [3.8, 4) is 0 Å². The van der Waals surface area contributed by atoms with Crippen LogP contribution in [0, 0.1) is 20.8 Å². The van der Waals surface area contributed by atoms with E-state index in [1.165, 1.54) is 11.6 Å². The molecule has 0 aliphatic rings. The number of hydrogen-bond donors (Lipinski definition) is 1. The number of amides is 1. The van der Waals surface area contributed by atoms with E-state index in [0.29, 0.717) is 35.1 Å². The van der Waals surface area contributed by atoms with E-state index in [1.807, 2.05) is 38.1 Å². The van der Waals surface area contributed by atoms with Crippen molar-refractivity contribution in [2.24, 2.45) is 0 Å². The predicted molar refractivity (Wildman–Crippen MR) is 121 cm³/mol. The summed E-state index contributed by atoms with van der Waals surface area (Å²) < 4.78 is 11.9. The molecule has 0 saturated carbocycles. The molecule has 8 nitrogen and oxygen atoms in total. The summed E-state index contributed by atoms with van der Waals surface area (Å²) in [4.78, 5) is 24.6. The molecule has 0 fully saturated rings. The number of nitrogens with one attached hydrogen (secondary N) is 1. The van der Waals surface area contributed by atoms with Crippen LogP contribution in [0.2, 0.25) is 5.15 Å². The van der Waals surface area contributed by atoms with Crippen molar-refractivity contribution in [1.82, 2.24) is 14.9 Å². The highest BCUT2D eigenvalue weighted by molar-refractivity contribution is 6.31. The Balaban J connectivity index is 1.64. The van der Waals surface area contributed by atoms with E-state index in [2.05, 4.69) is 15.6 Å². The molecule has 1 aromatic carbocycles. The van der Waals surface area contributed by atoms with Crippen molar-refractivity contribution in [2.45, 2.75) is 46.8 Å². The van der Waals surface area contributed by atoms with E-state index in [1.54, 1.807) is 30.7 Å². The third-order valence-electron chi connectivity index (χ3n) is 4.75. The number of aryl methyl sites for hydroxylation is 3. The summed E-state index contributed by atoms with van der Waals surface area (Å²) in [7, 11) is 0. The lowest BCUT2D eigenvalue weighted by Crippen LogP contribution is -2.31.